The van der Waals surface area contributed by atoms with Gasteiger partial charge in [0.15, 0.2) is 0 Å². The highest BCUT2D eigenvalue weighted by atomic mass is 16.4. The average molecular weight is 156 g/mol. The van der Waals surface area contributed by atoms with Crippen LogP contribution in [0.4, 0.5) is 0 Å². The zero-order valence-corrected chi connectivity index (χ0v) is 6.87. The maximum atomic E-state index is 11.0. The second-order valence-electron chi connectivity index (χ2n) is 3.76. The minimum atomic E-state index is -1.27. The van der Waals surface area contributed by atoms with Crippen LogP contribution in [0.5, 0.6) is 0 Å². The van der Waals surface area contributed by atoms with E-state index in [0.29, 0.717) is 12.7 Å². The SMILES string of the molecule is CC1(C)C(=O)CC1CB(O)O. The quantitative estimate of drug-likeness (QED) is 0.556. The van der Waals surface area contributed by atoms with Crippen LogP contribution in [-0.2, 0) is 4.79 Å². The Bertz CT molecular complexity index is 177. The van der Waals surface area contributed by atoms with Crippen molar-refractivity contribution in [1.82, 2.24) is 0 Å². The molecule has 0 aromatic heterocycles. The van der Waals surface area contributed by atoms with Gasteiger partial charge in [0.25, 0.3) is 0 Å². The highest BCUT2D eigenvalue weighted by Gasteiger charge is 2.47. The first-order valence-corrected chi connectivity index (χ1v) is 3.84. The fraction of sp³-hybridized carbons (Fsp3) is 0.857. The fourth-order valence-electron chi connectivity index (χ4n) is 1.47. The number of rotatable bonds is 2. The summed E-state index contributed by atoms with van der Waals surface area (Å²) in [7, 11) is -1.27. The first-order chi connectivity index (χ1) is 4.94. The summed E-state index contributed by atoms with van der Waals surface area (Å²) in [5, 5.41) is 17.3. The Kier molecular flexibility index (Phi) is 2.07. The Morgan fingerprint density at radius 3 is 2.45 bits per heavy atom. The molecule has 0 spiro atoms. The summed E-state index contributed by atoms with van der Waals surface area (Å²) in [6, 6.07) is 0. The van der Waals surface area contributed by atoms with E-state index in [-0.39, 0.29) is 17.1 Å². The van der Waals surface area contributed by atoms with Gasteiger partial charge in [0.2, 0.25) is 0 Å². The predicted octanol–water partition coefficient (Wildman–Crippen LogP) is 0.0744. The van der Waals surface area contributed by atoms with E-state index in [9.17, 15) is 4.79 Å². The minimum absolute atomic E-state index is 0.148. The molecule has 1 saturated carbocycles. The van der Waals surface area contributed by atoms with Crippen LogP contribution in [0, 0.1) is 11.3 Å². The molecule has 0 radical (unpaired) electrons. The van der Waals surface area contributed by atoms with E-state index in [1.807, 2.05) is 13.8 Å². The minimum Gasteiger partial charge on any atom is -0.427 e. The molecular weight excluding hydrogens is 143 g/mol. The lowest BCUT2D eigenvalue weighted by atomic mass is 9.55. The second kappa shape index (κ2) is 2.61. The second-order valence-corrected chi connectivity index (χ2v) is 3.76. The van der Waals surface area contributed by atoms with Crippen molar-refractivity contribution in [1.29, 1.82) is 0 Å². The molecule has 1 unspecified atom stereocenters. The number of carbonyl (C=O) groups is 1. The Hall–Kier alpha value is -0.345. The lowest BCUT2D eigenvalue weighted by Gasteiger charge is -2.42. The highest BCUT2D eigenvalue weighted by molar-refractivity contribution is 6.41. The summed E-state index contributed by atoms with van der Waals surface area (Å²) in [6.45, 7) is 3.71. The van der Waals surface area contributed by atoms with Crippen molar-refractivity contribution in [3.05, 3.63) is 0 Å². The van der Waals surface area contributed by atoms with Gasteiger partial charge < -0.3 is 10.0 Å². The number of carbonyl (C=O) groups excluding carboxylic acids is 1. The maximum absolute atomic E-state index is 11.0. The summed E-state index contributed by atoms with van der Waals surface area (Å²) in [5.74, 6) is 0.373. The number of hydrogen-bond acceptors (Lipinski definition) is 3. The average Bonchev–Trinajstić information content (AvgIpc) is 1.87. The van der Waals surface area contributed by atoms with Gasteiger partial charge in [0.05, 0.1) is 0 Å². The topological polar surface area (TPSA) is 57.5 Å². The summed E-state index contributed by atoms with van der Waals surface area (Å²) in [5.41, 5.74) is -0.330. The molecule has 0 aliphatic heterocycles. The molecule has 0 amide bonds. The molecule has 11 heavy (non-hydrogen) atoms. The van der Waals surface area contributed by atoms with Crippen molar-refractivity contribution in [3.8, 4) is 0 Å². The van der Waals surface area contributed by atoms with Gasteiger partial charge in [0.1, 0.15) is 5.78 Å². The lowest BCUT2D eigenvalue weighted by molar-refractivity contribution is -0.141. The van der Waals surface area contributed by atoms with E-state index in [4.69, 9.17) is 10.0 Å². The standard InChI is InChI=1S/C7H13BO3/c1-7(2)5(3-6(7)9)4-8(10)11/h5,10-11H,3-4H2,1-2H3. The third-order valence-electron chi connectivity index (χ3n) is 2.67. The number of hydrogen-bond donors (Lipinski definition) is 2. The molecule has 3 nitrogen and oxygen atoms in total. The largest absolute Gasteiger partial charge is 0.451 e. The first kappa shape index (κ1) is 8.75. The molecular formula is C7H13BO3. The van der Waals surface area contributed by atoms with Gasteiger partial charge in [-0.3, -0.25) is 4.79 Å². The zero-order chi connectivity index (χ0) is 8.65. The third kappa shape index (κ3) is 1.46. The molecule has 0 bridgehead atoms. The van der Waals surface area contributed by atoms with Crippen LogP contribution in [0.2, 0.25) is 6.32 Å². The lowest BCUT2D eigenvalue weighted by Crippen LogP contribution is -2.46. The van der Waals surface area contributed by atoms with Gasteiger partial charge in [-0.05, 0) is 12.2 Å². The van der Waals surface area contributed by atoms with E-state index in [1.54, 1.807) is 0 Å². The summed E-state index contributed by atoms with van der Waals surface area (Å²) in [4.78, 5) is 11.0. The molecule has 1 aliphatic rings. The van der Waals surface area contributed by atoms with Gasteiger partial charge in [-0.1, -0.05) is 13.8 Å². The van der Waals surface area contributed by atoms with Gasteiger partial charge >= 0.3 is 7.12 Å². The van der Waals surface area contributed by atoms with Crippen LogP contribution in [0.1, 0.15) is 20.3 Å². The third-order valence-corrected chi connectivity index (χ3v) is 2.67. The van der Waals surface area contributed by atoms with Gasteiger partial charge in [-0.25, -0.2) is 0 Å². The van der Waals surface area contributed by atoms with Gasteiger partial charge in [-0.2, -0.15) is 0 Å². The normalized spacial score (nSPS) is 28.0. The van der Waals surface area contributed by atoms with E-state index in [0.717, 1.165) is 0 Å². The molecule has 0 aromatic carbocycles. The number of ketones is 1. The molecule has 4 heteroatoms. The smallest absolute Gasteiger partial charge is 0.427 e. The molecule has 62 valence electrons. The van der Waals surface area contributed by atoms with Crippen LogP contribution < -0.4 is 0 Å². The van der Waals surface area contributed by atoms with Crippen molar-refractivity contribution in [2.45, 2.75) is 26.6 Å². The maximum Gasteiger partial charge on any atom is 0.451 e. The van der Waals surface area contributed by atoms with Crippen LogP contribution >= 0.6 is 0 Å². The summed E-state index contributed by atoms with van der Waals surface area (Å²) >= 11 is 0. The summed E-state index contributed by atoms with van der Waals surface area (Å²) in [6.07, 6.45) is 0.823. The van der Waals surface area contributed by atoms with Crippen LogP contribution in [-0.4, -0.2) is 22.9 Å². The molecule has 1 atom stereocenters. The van der Waals surface area contributed by atoms with Crippen molar-refractivity contribution >= 4 is 12.9 Å². The Morgan fingerprint density at radius 1 is 1.64 bits per heavy atom. The highest BCUT2D eigenvalue weighted by Crippen LogP contribution is 2.44. The number of Topliss-reactive ketones (excluding diaryl/α,β-unsaturated/α-hetero) is 1. The molecule has 2 N–H and O–H groups in total. The van der Waals surface area contributed by atoms with Gasteiger partial charge in [-0.15, -0.1) is 0 Å². The molecule has 1 fully saturated rings. The molecule has 0 saturated heterocycles. The Morgan fingerprint density at radius 2 is 2.18 bits per heavy atom. The van der Waals surface area contributed by atoms with Gasteiger partial charge in [0, 0.05) is 11.8 Å². The van der Waals surface area contributed by atoms with E-state index in [1.165, 1.54) is 0 Å². The van der Waals surface area contributed by atoms with Crippen LogP contribution in [0.25, 0.3) is 0 Å². The monoisotopic (exact) mass is 156 g/mol. The molecule has 0 heterocycles. The summed E-state index contributed by atoms with van der Waals surface area (Å²) < 4.78 is 0. The van der Waals surface area contributed by atoms with Crippen molar-refractivity contribution in [2.75, 3.05) is 0 Å². The predicted molar refractivity (Wildman–Crippen MR) is 41.9 cm³/mol. The van der Waals surface area contributed by atoms with E-state index < -0.39 is 7.12 Å². The fourth-order valence-corrected chi connectivity index (χ4v) is 1.47. The Balaban J connectivity index is 2.46. The van der Waals surface area contributed by atoms with Crippen molar-refractivity contribution in [3.63, 3.8) is 0 Å². The van der Waals surface area contributed by atoms with Crippen molar-refractivity contribution in [2.24, 2.45) is 11.3 Å². The molecule has 0 aromatic rings. The molecule has 1 aliphatic carbocycles. The van der Waals surface area contributed by atoms with Crippen LogP contribution in [0.3, 0.4) is 0 Å². The zero-order valence-electron chi connectivity index (χ0n) is 6.87. The van der Waals surface area contributed by atoms with E-state index >= 15 is 0 Å². The van der Waals surface area contributed by atoms with Crippen LogP contribution in [0.15, 0.2) is 0 Å². The molecule has 1 rings (SSSR count). The first-order valence-electron chi connectivity index (χ1n) is 3.84. The van der Waals surface area contributed by atoms with E-state index in [2.05, 4.69) is 0 Å². The Labute approximate surface area is 66.6 Å². The van der Waals surface area contributed by atoms with Crippen molar-refractivity contribution < 1.29 is 14.8 Å².